The van der Waals surface area contributed by atoms with Crippen LogP contribution in [0.1, 0.15) is 72.6 Å². The Morgan fingerprint density at radius 1 is 1.00 bits per heavy atom. The molecule has 5 aliphatic rings. The summed E-state index contributed by atoms with van der Waals surface area (Å²) in [5, 5.41) is 10.4. The average Bonchev–Trinajstić information content (AvgIpc) is 3.15. The van der Waals surface area contributed by atoms with E-state index < -0.39 is 5.79 Å². The molecule has 0 aromatic carbocycles. The highest BCUT2D eigenvalue weighted by Gasteiger charge is 2.66. The molecule has 0 aromatic heterocycles. The SMILES string of the molecule is C/C=C1/CCC2C1CCC1C2[C@H]2OC(C)(C)O[C@@H]2C2C[C@@H](O)CC[C@]12C. The highest BCUT2D eigenvalue weighted by Crippen LogP contribution is 2.66. The maximum atomic E-state index is 10.4. The highest BCUT2D eigenvalue weighted by atomic mass is 16.8. The molecule has 0 radical (unpaired) electrons. The molecule has 0 bridgehead atoms. The van der Waals surface area contributed by atoms with E-state index >= 15 is 0 Å². The summed E-state index contributed by atoms with van der Waals surface area (Å²) in [4.78, 5) is 0. The zero-order valence-electron chi connectivity index (χ0n) is 16.9. The Morgan fingerprint density at radius 2 is 1.77 bits per heavy atom. The summed E-state index contributed by atoms with van der Waals surface area (Å²) in [6.07, 6.45) is 11.0. The van der Waals surface area contributed by atoms with Crippen molar-refractivity contribution in [3.05, 3.63) is 11.6 Å². The molecule has 3 nitrogen and oxygen atoms in total. The molecule has 5 rings (SSSR count). The minimum absolute atomic E-state index is 0.157. The molecule has 3 heteroatoms. The summed E-state index contributed by atoms with van der Waals surface area (Å²) in [7, 11) is 0. The van der Waals surface area contributed by atoms with E-state index in [1.54, 1.807) is 5.57 Å². The summed E-state index contributed by atoms with van der Waals surface area (Å²) >= 11 is 0. The molecule has 146 valence electrons. The van der Waals surface area contributed by atoms with Crippen molar-refractivity contribution in [2.24, 2.45) is 35.0 Å². The van der Waals surface area contributed by atoms with Crippen molar-refractivity contribution in [2.75, 3.05) is 0 Å². The largest absolute Gasteiger partial charge is 0.393 e. The lowest BCUT2D eigenvalue weighted by Gasteiger charge is -2.61. The van der Waals surface area contributed by atoms with Crippen molar-refractivity contribution < 1.29 is 14.6 Å². The minimum Gasteiger partial charge on any atom is -0.393 e. The number of ether oxygens (including phenoxy) is 2. The van der Waals surface area contributed by atoms with Crippen molar-refractivity contribution in [3.8, 4) is 0 Å². The van der Waals surface area contributed by atoms with E-state index in [0.717, 1.165) is 37.0 Å². The van der Waals surface area contributed by atoms with E-state index in [0.29, 0.717) is 17.3 Å². The molecule has 26 heavy (non-hydrogen) atoms. The maximum Gasteiger partial charge on any atom is 0.163 e. The number of rotatable bonds is 0. The molecule has 4 saturated carbocycles. The van der Waals surface area contributed by atoms with Crippen molar-refractivity contribution >= 4 is 0 Å². The van der Waals surface area contributed by atoms with Gasteiger partial charge in [0.25, 0.3) is 0 Å². The first-order valence-corrected chi connectivity index (χ1v) is 11.0. The zero-order chi connectivity index (χ0) is 18.3. The number of aliphatic hydroxyl groups excluding tert-OH is 1. The first-order chi connectivity index (χ1) is 12.3. The van der Waals surface area contributed by atoms with E-state index in [2.05, 4.69) is 33.8 Å². The predicted molar refractivity (Wildman–Crippen MR) is 101 cm³/mol. The third-order valence-corrected chi connectivity index (χ3v) is 9.05. The van der Waals surface area contributed by atoms with Crippen LogP contribution in [0.5, 0.6) is 0 Å². The van der Waals surface area contributed by atoms with Crippen molar-refractivity contribution in [2.45, 2.75) is 96.7 Å². The summed E-state index contributed by atoms with van der Waals surface area (Å²) in [6.45, 7) is 8.93. The summed E-state index contributed by atoms with van der Waals surface area (Å²) < 4.78 is 13.1. The number of hydrogen-bond donors (Lipinski definition) is 1. The number of hydrogen-bond acceptors (Lipinski definition) is 3. The highest BCUT2D eigenvalue weighted by molar-refractivity contribution is 5.20. The van der Waals surface area contributed by atoms with Gasteiger partial charge in [-0.2, -0.15) is 0 Å². The second kappa shape index (κ2) is 5.81. The molecule has 4 aliphatic carbocycles. The summed E-state index contributed by atoms with van der Waals surface area (Å²) in [5.41, 5.74) is 2.01. The lowest BCUT2D eigenvalue weighted by Crippen LogP contribution is -2.62. The topological polar surface area (TPSA) is 38.7 Å². The van der Waals surface area contributed by atoms with Crippen molar-refractivity contribution in [1.29, 1.82) is 0 Å². The third-order valence-electron chi connectivity index (χ3n) is 9.05. The minimum atomic E-state index is -0.484. The van der Waals surface area contributed by atoms with Gasteiger partial charge < -0.3 is 14.6 Å². The molecule has 5 fully saturated rings. The Kier molecular flexibility index (Phi) is 3.96. The lowest BCUT2D eigenvalue weighted by molar-refractivity contribution is -0.174. The molecular weight excluding hydrogens is 324 g/mol. The fourth-order valence-electron chi connectivity index (χ4n) is 8.04. The van der Waals surface area contributed by atoms with Crippen molar-refractivity contribution in [3.63, 3.8) is 0 Å². The first kappa shape index (κ1) is 17.7. The standard InChI is InChI=1S/C23H36O3/c1-5-13-6-7-16-15(13)8-9-17-19(16)21-20(25-22(2,3)26-21)18-12-14(24)10-11-23(17,18)4/h5,14-21,24H,6-12H2,1-4H3/b13-5-/t14-,15?,16?,17?,18?,19?,20+,21+,23+/m0/s1. The molecule has 1 aliphatic heterocycles. The fraction of sp³-hybridized carbons (Fsp3) is 0.913. The monoisotopic (exact) mass is 360 g/mol. The Bertz CT molecular complexity index is 611. The van der Waals surface area contributed by atoms with Crippen LogP contribution in [-0.4, -0.2) is 29.2 Å². The molecule has 1 heterocycles. The van der Waals surface area contributed by atoms with Gasteiger partial charge in [0.05, 0.1) is 18.3 Å². The van der Waals surface area contributed by atoms with E-state index in [4.69, 9.17) is 9.47 Å². The molecule has 5 unspecified atom stereocenters. The normalized spacial score (nSPS) is 56.6. The van der Waals surface area contributed by atoms with Crippen molar-refractivity contribution in [1.82, 2.24) is 0 Å². The Balaban J connectivity index is 1.56. The molecule has 0 amide bonds. The Morgan fingerprint density at radius 3 is 2.54 bits per heavy atom. The molecule has 1 N–H and O–H groups in total. The van der Waals surface area contributed by atoms with Gasteiger partial charge in [-0.1, -0.05) is 18.6 Å². The lowest BCUT2D eigenvalue weighted by atomic mass is 9.45. The van der Waals surface area contributed by atoms with Crippen LogP contribution in [0.2, 0.25) is 0 Å². The second-order valence-electron chi connectivity index (χ2n) is 10.5. The van der Waals surface area contributed by atoms with Crippen LogP contribution in [0.3, 0.4) is 0 Å². The van der Waals surface area contributed by atoms with Crippen LogP contribution in [-0.2, 0) is 9.47 Å². The Hall–Kier alpha value is -0.380. The number of fused-ring (bicyclic) bond motifs is 8. The fourth-order valence-corrected chi connectivity index (χ4v) is 8.04. The van der Waals surface area contributed by atoms with Gasteiger partial charge in [0, 0.05) is 0 Å². The third kappa shape index (κ3) is 2.36. The summed E-state index contributed by atoms with van der Waals surface area (Å²) in [5.74, 6) is 2.88. The van der Waals surface area contributed by atoms with Crippen LogP contribution >= 0.6 is 0 Å². The smallest absolute Gasteiger partial charge is 0.163 e. The molecule has 0 aromatic rings. The quantitative estimate of drug-likeness (QED) is 0.637. The van der Waals surface area contributed by atoms with Gasteiger partial charge in [0.2, 0.25) is 0 Å². The Labute approximate surface area is 158 Å². The van der Waals surface area contributed by atoms with Gasteiger partial charge in [0.15, 0.2) is 5.79 Å². The maximum absolute atomic E-state index is 10.4. The van der Waals surface area contributed by atoms with E-state index in [-0.39, 0.29) is 18.3 Å². The average molecular weight is 361 g/mol. The van der Waals surface area contributed by atoms with Gasteiger partial charge in [0.1, 0.15) is 0 Å². The number of allylic oxidation sites excluding steroid dienone is 2. The van der Waals surface area contributed by atoms with Gasteiger partial charge in [-0.05, 0) is 101 Å². The molecule has 1 saturated heterocycles. The van der Waals surface area contributed by atoms with Gasteiger partial charge in [-0.25, -0.2) is 0 Å². The zero-order valence-corrected chi connectivity index (χ0v) is 16.9. The predicted octanol–water partition coefficient (Wildman–Crippen LogP) is 4.69. The second-order valence-corrected chi connectivity index (χ2v) is 10.5. The van der Waals surface area contributed by atoms with E-state index in [9.17, 15) is 5.11 Å². The van der Waals surface area contributed by atoms with E-state index in [1.807, 2.05) is 0 Å². The van der Waals surface area contributed by atoms with Gasteiger partial charge in [-0.3, -0.25) is 0 Å². The summed E-state index contributed by atoms with van der Waals surface area (Å²) in [6, 6.07) is 0. The van der Waals surface area contributed by atoms with Gasteiger partial charge >= 0.3 is 0 Å². The van der Waals surface area contributed by atoms with Gasteiger partial charge in [-0.15, -0.1) is 0 Å². The molecule has 0 spiro atoms. The first-order valence-electron chi connectivity index (χ1n) is 11.0. The molecule has 9 atom stereocenters. The molecular formula is C23H36O3. The van der Waals surface area contributed by atoms with Crippen LogP contribution in [0.25, 0.3) is 0 Å². The van der Waals surface area contributed by atoms with Crippen LogP contribution in [0.4, 0.5) is 0 Å². The number of aliphatic hydroxyl groups is 1. The van der Waals surface area contributed by atoms with E-state index in [1.165, 1.54) is 25.7 Å². The van der Waals surface area contributed by atoms with Crippen LogP contribution in [0, 0.1) is 35.0 Å². The van der Waals surface area contributed by atoms with Crippen LogP contribution in [0.15, 0.2) is 11.6 Å². The van der Waals surface area contributed by atoms with Crippen LogP contribution < -0.4 is 0 Å².